The van der Waals surface area contributed by atoms with E-state index in [0.717, 1.165) is 24.3 Å². The van der Waals surface area contributed by atoms with Crippen LogP contribution in [0.15, 0.2) is 56.6 Å². The van der Waals surface area contributed by atoms with Gasteiger partial charge in [-0.3, -0.25) is 4.99 Å². The van der Waals surface area contributed by atoms with Crippen molar-refractivity contribution in [3.63, 3.8) is 0 Å². The number of hydrogen-bond donors (Lipinski definition) is 2. The number of aliphatic imine (C=N–C) groups is 1. The van der Waals surface area contributed by atoms with E-state index in [-0.39, 0.29) is 24.0 Å². The van der Waals surface area contributed by atoms with Crippen LogP contribution in [0.1, 0.15) is 18.1 Å². The van der Waals surface area contributed by atoms with Crippen LogP contribution in [0.2, 0.25) is 5.02 Å². The van der Waals surface area contributed by atoms with Crippen LogP contribution in [0.25, 0.3) is 11.4 Å². The van der Waals surface area contributed by atoms with E-state index in [1.165, 1.54) is 0 Å². The van der Waals surface area contributed by atoms with Gasteiger partial charge in [-0.2, -0.15) is 4.98 Å². The van der Waals surface area contributed by atoms with Crippen molar-refractivity contribution in [1.29, 1.82) is 0 Å². The van der Waals surface area contributed by atoms with E-state index < -0.39 is 0 Å². The fourth-order valence-corrected chi connectivity index (χ4v) is 2.59. The van der Waals surface area contributed by atoms with E-state index in [9.17, 15) is 0 Å². The van der Waals surface area contributed by atoms with E-state index in [0.29, 0.717) is 42.5 Å². The first-order valence-corrected chi connectivity index (χ1v) is 9.25. The predicted molar refractivity (Wildman–Crippen MR) is 121 cm³/mol. The first-order chi connectivity index (χ1) is 13.7. The van der Waals surface area contributed by atoms with Gasteiger partial charge in [0, 0.05) is 30.8 Å². The van der Waals surface area contributed by atoms with Crippen molar-refractivity contribution in [3.8, 4) is 11.4 Å². The van der Waals surface area contributed by atoms with E-state index in [1.54, 1.807) is 25.4 Å². The van der Waals surface area contributed by atoms with Gasteiger partial charge in [0.05, 0.1) is 12.8 Å². The maximum absolute atomic E-state index is 5.99. The van der Waals surface area contributed by atoms with Crippen molar-refractivity contribution in [2.45, 2.75) is 19.6 Å². The number of furan rings is 1. The van der Waals surface area contributed by atoms with Crippen LogP contribution in [0.4, 0.5) is 0 Å². The highest BCUT2D eigenvalue weighted by atomic mass is 127. The molecule has 2 N–H and O–H groups in total. The van der Waals surface area contributed by atoms with Gasteiger partial charge < -0.3 is 24.3 Å². The number of aromatic nitrogens is 2. The average Bonchev–Trinajstić information content (AvgIpc) is 3.39. The topological polar surface area (TPSA) is 97.7 Å². The molecule has 10 heteroatoms. The zero-order valence-electron chi connectivity index (χ0n) is 15.9. The fourth-order valence-electron chi connectivity index (χ4n) is 2.40. The Morgan fingerprint density at radius 1 is 1.24 bits per heavy atom. The number of halogens is 2. The Kier molecular flexibility index (Phi) is 9.95. The van der Waals surface area contributed by atoms with Crippen molar-refractivity contribution in [3.05, 3.63) is 59.3 Å². The molecule has 0 saturated carbocycles. The minimum Gasteiger partial charge on any atom is -0.467 e. The van der Waals surface area contributed by atoms with Crippen molar-refractivity contribution >= 4 is 41.5 Å². The third kappa shape index (κ3) is 7.67. The first kappa shape index (κ1) is 23.2. The van der Waals surface area contributed by atoms with Crippen molar-refractivity contribution in [1.82, 2.24) is 20.8 Å². The van der Waals surface area contributed by atoms with Gasteiger partial charge in [0.15, 0.2) is 5.96 Å². The third-order valence-electron chi connectivity index (χ3n) is 3.76. The summed E-state index contributed by atoms with van der Waals surface area (Å²) in [5.41, 5.74) is 0.805. The fraction of sp³-hybridized carbons (Fsp3) is 0.316. The Hall–Kier alpha value is -2.11. The van der Waals surface area contributed by atoms with E-state index >= 15 is 0 Å². The molecule has 0 aliphatic carbocycles. The van der Waals surface area contributed by atoms with Gasteiger partial charge in [0.25, 0.3) is 0 Å². The van der Waals surface area contributed by atoms with Crippen LogP contribution in [0, 0.1) is 0 Å². The summed E-state index contributed by atoms with van der Waals surface area (Å²) in [7, 11) is 1.70. The minimum atomic E-state index is 0. The van der Waals surface area contributed by atoms with Crippen LogP contribution in [0.5, 0.6) is 0 Å². The number of benzene rings is 1. The van der Waals surface area contributed by atoms with Crippen LogP contribution >= 0.6 is 35.6 Å². The SMILES string of the molecule is CN=C(NCCCOCc1ccco1)NCc1nc(-c2cccc(Cl)c2)no1.I. The highest BCUT2D eigenvalue weighted by molar-refractivity contribution is 14.0. The number of guanidine groups is 1. The molecule has 156 valence electrons. The number of nitrogens with zero attached hydrogens (tertiary/aromatic N) is 3. The molecule has 0 fully saturated rings. The predicted octanol–water partition coefficient (Wildman–Crippen LogP) is 3.87. The molecular weight excluding hydrogens is 509 g/mol. The normalized spacial score (nSPS) is 11.2. The monoisotopic (exact) mass is 531 g/mol. The maximum Gasteiger partial charge on any atom is 0.246 e. The molecule has 0 aliphatic rings. The number of ether oxygens (including phenoxy) is 1. The number of rotatable bonds is 9. The smallest absolute Gasteiger partial charge is 0.246 e. The van der Waals surface area contributed by atoms with E-state index in [1.807, 2.05) is 24.3 Å². The molecule has 2 aromatic heterocycles. The Morgan fingerprint density at radius 3 is 2.90 bits per heavy atom. The average molecular weight is 532 g/mol. The summed E-state index contributed by atoms with van der Waals surface area (Å²) in [6.45, 7) is 2.18. The van der Waals surface area contributed by atoms with Gasteiger partial charge in [0.2, 0.25) is 11.7 Å². The molecule has 2 heterocycles. The molecule has 0 amide bonds. The summed E-state index contributed by atoms with van der Waals surface area (Å²) >= 11 is 5.99. The summed E-state index contributed by atoms with van der Waals surface area (Å²) in [4.78, 5) is 8.53. The molecule has 29 heavy (non-hydrogen) atoms. The van der Waals surface area contributed by atoms with Gasteiger partial charge in [-0.05, 0) is 30.7 Å². The van der Waals surface area contributed by atoms with Crippen molar-refractivity contribution in [2.24, 2.45) is 4.99 Å². The van der Waals surface area contributed by atoms with Gasteiger partial charge in [0.1, 0.15) is 12.4 Å². The van der Waals surface area contributed by atoms with E-state index in [4.69, 9.17) is 25.3 Å². The quantitative estimate of drug-likeness (QED) is 0.187. The molecule has 8 nitrogen and oxygen atoms in total. The van der Waals surface area contributed by atoms with Crippen molar-refractivity contribution in [2.75, 3.05) is 20.2 Å². The number of nitrogens with one attached hydrogen (secondary N) is 2. The molecule has 3 aromatic rings. The molecule has 0 atom stereocenters. The summed E-state index contributed by atoms with van der Waals surface area (Å²) in [6.07, 6.45) is 2.47. The largest absolute Gasteiger partial charge is 0.467 e. The Morgan fingerprint density at radius 2 is 2.14 bits per heavy atom. The molecule has 0 aliphatic heterocycles. The minimum absolute atomic E-state index is 0. The van der Waals surface area contributed by atoms with Crippen LogP contribution in [0.3, 0.4) is 0 Å². The second-order valence-electron chi connectivity index (χ2n) is 5.86. The molecule has 0 saturated heterocycles. The molecule has 0 radical (unpaired) electrons. The summed E-state index contributed by atoms with van der Waals surface area (Å²) in [6, 6.07) is 11.0. The van der Waals surface area contributed by atoms with Gasteiger partial charge in [-0.15, -0.1) is 24.0 Å². The lowest BCUT2D eigenvalue weighted by Crippen LogP contribution is -2.37. The van der Waals surface area contributed by atoms with Crippen molar-refractivity contribution < 1.29 is 13.7 Å². The Labute approximate surface area is 191 Å². The third-order valence-corrected chi connectivity index (χ3v) is 4.00. The van der Waals surface area contributed by atoms with Gasteiger partial charge in [-0.25, -0.2) is 0 Å². The zero-order valence-corrected chi connectivity index (χ0v) is 19.0. The standard InChI is InChI=1S/C19H22ClN5O3.HI/c1-21-19(22-8-4-9-26-13-16-7-3-10-27-16)23-12-17-24-18(25-28-17)14-5-2-6-15(20)11-14;/h2-3,5-7,10-11H,4,8-9,12-13H2,1H3,(H2,21,22,23);1H. The Balaban J connectivity index is 0.00000300. The lowest BCUT2D eigenvalue weighted by Gasteiger charge is -2.10. The highest BCUT2D eigenvalue weighted by Gasteiger charge is 2.09. The molecule has 3 rings (SSSR count). The lowest BCUT2D eigenvalue weighted by atomic mass is 10.2. The molecule has 0 unspecified atom stereocenters. The second kappa shape index (κ2) is 12.5. The summed E-state index contributed by atoms with van der Waals surface area (Å²) < 4.78 is 16.0. The summed E-state index contributed by atoms with van der Waals surface area (Å²) in [5, 5.41) is 10.9. The number of hydrogen-bond acceptors (Lipinski definition) is 6. The molecule has 0 bridgehead atoms. The zero-order chi connectivity index (χ0) is 19.6. The molecular formula is C19H23ClIN5O3. The maximum atomic E-state index is 5.99. The highest BCUT2D eigenvalue weighted by Crippen LogP contribution is 2.19. The molecule has 1 aromatic carbocycles. The van der Waals surface area contributed by atoms with Gasteiger partial charge >= 0.3 is 0 Å². The summed E-state index contributed by atoms with van der Waals surface area (Å²) in [5.74, 6) is 2.42. The Bertz CT molecular complexity index is 886. The van der Waals surface area contributed by atoms with Gasteiger partial charge in [-0.1, -0.05) is 28.9 Å². The second-order valence-corrected chi connectivity index (χ2v) is 6.30. The van der Waals surface area contributed by atoms with E-state index in [2.05, 4.69) is 25.8 Å². The first-order valence-electron chi connectivity index (χ1n) is 8.88. The van der Waals surface area contributed by atoms with Crippen LogP contribution in [-0.2, 0) is 17.9 Å². The van der Waals surface area contributed by atoms with Crippen LogP contribution in [-0.4, -0.2) is 36.3 Å². The van der Waals surface area contributed by atoms with Crippen LogP contribution < -0.4 is 10.6 Å². The molecule has 0 spiro atoms. The lowest BCUT2D eigenvalue weighted by molar-refractivity contribution is 0.105.